The smallest absolute Gasteiger partial charge is 0.416 e. The zero-order valence-electron chi connectivity index (χ0n) is 10.9. The third-order valence-corrected chi connectivity index (χ3v) is 3.54. The molecule has 0 amide bonds. The van der Waals surface area contributed by atoms with Crippen molar-refractivity contribution in [3.05, 3.63) is 47.0 Å². The molecular formula is C14H10ClF3N2O2. The van der Waals surface area contributed by atoms with E-state index < -0.39 is 18.1 Å². The normalized spacial score (nSPS) is 17.3. The minimum atomic E-state index is -4.48. The number of anilines is 3. The summed E-state index contributed by atoms with van der Waals surface area (Å²) in [5.41, 5.74) is -0.228. The first-order chi connectivity index (χ1) is 10.3. The van der Waals surface area contributed by atoms with E-state index in [9.17, 15) is 23.4 Å². The molecule has 0 aliphatic carbocycles. The molecule has 8 heteroatoms. The number of aliphatic hydroxyl groups excluding tert-OH is 1. The second kappa shape index (κ2) is 4.96. The molecule has 1 aliphatic heterocycles. The predicted molar refractivity (Wildman–Crippen MR) is 76.3 cm³/mol. The summed E-state index contributed by atoms with van der Waals surface area (Å²) in [7, 11) is 0. The van der Waals surface area contributed by atoms with Crippen LogP contribution in [0.25, 0.3) is 0 Å². The number of nitrogens with zero attached hydrogens (tertiary/aromatic N) is 1. The van der Waals surface area contributed by atoms with Gasteiger partial charge < -0.3 is 15.5 Å². The van der Waals surface area contributed by atoms with Gasteiger partial charge in [0.25, 0.3) is 0 Å². The molecule has 0 saturated carbocycles. The Bertz CT molecular complexity index is 737. The van der Waals surface area contributed by atoms with Crippen LogP contribution in [0.4, 0.5) is 30.2 Å². The Morgan fingerprint density at radius 3 is 2.50 bits per heavy atom. The van der Waals surface area contributed by atoms with Crippen LogP contribution in [0.15, 0.2) is 36.4 Å². The number of hydrogen-bond acceptors (Lipinski definition) is 4. The van der Waals surface area contributed by atoms with Crippen molar-refractivity contribution in [2.24, 2.45) is 0 Å². The Balaban J connectivity index is 2.09. The van der Waals surface area contributed by atoms with Gasteiger partial charge in [-0.2, -0.15) is 13.2 Å². The van der Waals surface area contributed by atoms with Gasteiger partial charge in [-0.1, -0.05) is 11.6 Å². The number of alkyl halides is 3. The molecule has 3 N–H and O–H groups in total. The summed E-state index contributed by atoms with van der Waals surface area (Å²) in [6.07, 6.45) is -5.80. The summed E-state index contributed by atoms with van der Waals surface area (Å²) in [6, 6.07) is 7.25. The second-order valence-corrected chi connectivity index (χ2v) is 5.19. The number of fused-ring (bicyclic) bond motifs is 1. The molecule has 0 radical (unpaired) electrons. The van der Waals surface area contributed by atoms with Gasteiger partial charge in [-0.25, -0.2) is 0 Å². The number of benzene rings is 2. The molecule has 1 heterocycles. The molecule has 0 saturated heterocycles. The van der Waals surface area contributed by atoms with E-state index in [-0.39, 0.29) is 17.1 Å². The van der Waals surface area contributed by atoms with Crippen LogP contribution < -0.4 is 10.2 Å². The summed E-state index contributed by atoms with van der Waals surface area (Å²) in [4.78, 5) is 1.26. The Morgan fingerprint density at radius 1 is 1.09 bits per heavy atom. The second-order valence-electron chi connectivity index (χ2n) is 4.75. The molecule has 116 valence electrons. The number of rotatable bonds is 1. The van der Waals surface area contributed by atoms with Crippen molar-refractivity contribution in [1.29, 1.82) is 0 Å². The lowest BCUT2D eigenvalue weighted by Gasteiger charge is -2.23. The Morgan fingerprint density at radius 2 is 1.82 bits per heavy atom. The van der Waals surface area contributed by atoms with Crippen molar-refractivity contribution < 1.29 is 23.4 Å². The fourth-order valence-electron chi connectivity index (χ4n) is 2.32. The molecule has 0 bridgehead atoms. The highest BCUT2D eigenvalue weighted by Gasteiger charge is 2.35. The first-order valence-electron chi connectivity index (χ1n) is 6.21. The van der Waals surface area contributed by atoms with Crippen molar-refractivity contribution in [2.75, 3.05) is 10.2 Å². The molecule has 22 heavy (non-hydrogen) atoms. The van der Waals surface area contributed by atoms with Gasteiger partial charge in [-0.3, -0.25) is 4.90 Å². The zero-order valence-corrected chi connectivity index (χ0v) is 11.7. The first-order valence-corrected chi connectivity index (χ1v) is 6.59. The lowest BCUT2D eigenvalue weighted by molar-refractivity contribution is -0.137. The third-order valence-electron chi connectivity index (χ3n) is 3.31. The van der Waals surface area contributed by atoms with E-state index in [1.165, 1.54) is 29.2 Å². The fraction of sp³-hybridized carbons (Fsp3) is 0.143. The topological polar surface area (TPSA) is 55.7 Å². The van der Waals surface area contributed by atoms with Crippen molar-refractivity contribution in [3.63, 3.8) is 0 Å². The van der Waals surface area contributed by atoms with Crippen LogP contribution in [0, 0.1) is 0 Å². The molecule has 2 aromatic carbocycles. The largest absolute Gasteiger partial charge is 0.506 e. The number of halogens is 4. The number of hydrogen-bond donors (Lipinski definition) is 3. The van der Waals surface area contributed by atoms with Crippen molar-refractivity contribution in [1.82, 2.24) is 0 Å². The summed E-state index contributed by atoms with van der Waals surface area (Å²) in [5, 5.41) is 22.8. The molecule has 3 rings (SSSR count). The molecule has 4 nitrogen and oxygen atoms in total. The van der Waals surface area contributed by atoms with Gasteiger partial charge in [-0.15, -0.1) is 0 Å². The maximum Gasteiger partial charge on any atom is 0.416 e. The van der Waals surface area contributed by atoms with E-state index in [1.807, 2.05) is 0 Å². The standard InChI is InChI=1S/C14H10ClF3N2O2/c15-8-2-4-12(21)11(6-8)20-10-3-1-7(14(16,17)18)5-9(10)19-13(20)22/h1-6,13,19,21-22H. The molecule has 1 atom stereocenters. The summed E-state index contributed by atoms with van der Waals surface area (Å²) in [5.74, 6) is -0.155. The number of aromatic hydroxyl groups is 1. The van der Waals surface area contributed by atoms with Gasteiger partial charge in [0.2, 0.25) is 6.35 Å². The highest BCUT2D eigenvalue weighted by Crippen LogP contribution is 2.45. The minimum Gasteiger partial charge on any atom is -0.506 e. The van der Waals surface area contributed by atoms with Gasteiger partial charge >= 0.3 is 6.18 Å². The van der Waals surface area contributed by atoms with Gasteiger partial charge in [0.1, 0.15) is 5.75 Å². The predicted octanol–water partition coefficient (Wildman–Crippen LogP) is 3.90. The van der Waals surface area contributed by atoms with Crippen LogP contribution in [-0.4, -0.2) is 16.6 Å². The van der Waals surface area contributed by atoms with E-state index in [0.717, 1.165) is 12.1 Å². The lowest BCUT2D eigenvalue weighted by Crippen LogP contribution is -2.31. The highest BCUT2D eigenvalue weighted by molar-refractivity contribution is 6.31. The monoisotopic (exact) mass is 330 g/mol. The summed E-state index contributed by atoms with van der Waals surface area (Å²) < 4.78 is 38.2. The highest BCUT2D eigenvalue weighted by atomic mass is 35.5. The van der Waals surface area contributed by atoms with Crippen LogP contribution in [-0.2, 0) is 6.18 Å². The van der Waals surface area contributed by atoms with Crippen LogP contribution in [0.3, 0.4) is 0 Å². The Kier molecular flexibility index (Phi) is 3.34. The van der Waals surface area contributed by atoms with Crippen LogP contribution in [0.1, 0.15) is 5.56 Å². The Labute approximate surface area is 128 Å². The number of aliphatic hydroxyl groups is 1. The van der Waals surface area contributed by atoms with E-state index in [0.29, 0.717) is 10.7 Å². The zero-order chi connectivity index (χ0) is 16.1. The average molecular weight is 331 g/mol. The van der Waals surface area contributed by atoms with Crippen molar-refractivity contribution >= 4 is 28.7 Å². The number of phenols is 1. The minimum absolute atomic E-state index is 0.113. The van der Waals surface area contributed by atoms with E-state index in [2.05, 4.69) is 5.32 Å². The van der Waals surface area contributed by atoms with Gasteiger partial charge in [-0.05, 0) is 36.4 Å². The van der Waals surface area contributed by atoms with Crippen molar-refractivity contribution in [3.8, 4) is 5.75 Å². The van der Waals surface area contributed by atoms with Crippen LogP contribution in [0.5, 0.6) is 5.75 Å². The average Bonchev–Trinajstić information content (AvgIpc) is 2.75. The van der Waals surface area contributed by atoms with Crippen molar-refractivity contribution in [2.45, 2.75) is 12.5 Å². The molecule has 0 fully saturated rings. The molecule has 0 aromatic heterocycles. The maximum atomic E-state index is 12.7. The van der Waals surface area contributed by atoms with E-state index in [1.54, 1.807) is 0 Å². The molecule has 0 spiro atoms. The van der Waals surface area contributed by atoms with Crippen LogP contribution in [0.2, 0.25) is 5.02 Å². The molecule has 2 aromatic rings. The third kappa shape index (κ3) is 2.42. The first kappa shape index (κ1) is 14.8. The molecule has 1 aliphatic rings. The summed E-state index contributed by atoms with van der Waals surface area (Å²) >= 11 is 5.87. The Hall–Kier alpha value is -2.12. The SMILES string of the molecule is Oc1ccc(Cl)cc1N1c2ccc(C(F)(F)F)cc2NC1O. The number of phenolic OH excluding ortho intramolecular Hbond substituents is 1. The fourth-order valence-corrected chi connectivity index (χ4v) is 2.49. The van der Waals surface area contributed by atoms with E-state index >= 15 is 0 Å². The number of nitrogens with one attached hydrogen (secondary N) is 1. The van der Waals surface area contributed by atoms with Crippen LogP contribution >= 0.6 is 11.6 Å². The lowest BCUT2D eigenvalue weighted by atomic mass is 10.1. The molecular weight excluding hydrogens is 321 g/mol. The summed E-state index contributed by atoms with van der Waals surface area (Å²) in [6.45, 7) is 0. The molecule has 1 unspecified atom stereocenters. The van der Waals surface area contributed by atoms with Gasteiger partial charge in [0.05, 0.1) is 22.6 Å². The quantitative estimate of drug-likeness (QED) is 0.742. The van der Waals surface area contributed by atoms with Gasteiger partial charge in [0.15, 0.2) is 0 Å². The van der Waals surface area contributed by atoms with Gasteiger partial charge in [0, 0.05) is 5.02 Å². The maximum absolute atomic E-state index is 12.7. The van der Waals surface area contributed by atoms with E-state index in [4.69, 9.17) is 11.6 Å².